The zero-order valence-corrected chi connectivity index (χ0v) is 16.6. The molecule has 0 bridgehead atoms. The van der Waals surface area contributed by atoms with E-state index in [0.717, 1.165) is 12.1 Å². The van der Waals surface area contributed by atoms with Gasteiger partial charge in [-0.05, 0) is 57.0 Å². The summed E-state index contributed by atoms with van der Waals surface area (Å²) in [6, 6.07) is 16.9. The molecular formula is C23H22N4O2. The number of nitrogens with zero attached hydrogens (tertiary/aromatic N) is 3. The van der Waals surface area contributed by atoms with Crippen LogP contribution in [-0.4, -0.2) is 27.7 Å². The molecule has 1 aromatic heterocycles. The number of hydrogen-bond acceptors (Lipinski definition) is 5. The molecule has 0 aliphatic carbocycles. The first kappa shape index (κ1) is 18.8. The highest BCUT2D eigenvalue weighted by molar-refractivity contribution is 6.06. The van der Waals surface area contributed by atoms with Crippen LogP contribution in [0.2, 0.25) is 0 Å². The fourth-order valence-electron chi connectivity index (χ4n) is 3.68. The molecule has 1 aliphatic rings. The summed E-state index contributed by atoms with van der Waals surface area (Å²) in [5.74, 6) is 0.166. The first-order valence-corrected chi connectivity index (χ1v) is 9.57. The Hall–Kier alpha value is -3.54. The monoisotopic (exact) mass is 386 g/mol. The number of hydrogen-bond donors (Lipinski definition) is 1. The van der Waals surface area contributed by atoms with Crippen LogP contribution in [0.15, 0.2) is 54.6 Å². The maximum Gasteiger partial charge on any atom is 0.277 e. The number of aryl methyl sites for hydroxylation is 1. The summed E-state index contributed by atoms with van der Waals surface area (Å²) in [6.07, 6.45) is 0.828. The van der Waals surface area contributed by atoms with Gasteiger partial charge in [0.2, 0.25) is 5.95 Å². The van der Waals surface area contributed by atoms with Crippen LogP contribution in [0.4, 0.5) is 17.3 Å². The summed E-state index contributed by atoms with van der Waals surface area (Å²) >= 11 is 0. The second-order valence-electron chi connectivity index (χ2n) is 7.34. The summed E-state index contributed by atoms with van der Waals surface area (Å²) < 4.78 is 0. The van der Waals surface area contributed by atoms with Crippen molar-refractivity contribution < 1.29 is 9.59 Å². The average Bonchev–Trinajstić information content (AvgIpc) is 3.02. The van der Waals surface area contributed by atoms with E-state index in [1.54, 1.807) is 29.2 Å². The molecule has 0 fully saturated rings. The van der Waals surface area contributed by atoms with Crippen molar-refractivity contribution in [1.82, 2.24) is 9.97 Å². The lowest BCUT2D eigenvalue weighted by Gasteiger charge is -2.22. The highest BCUT2D eigenvalue weighted by Gasteiger charge is 2.32. The molecule has 0 spiro atoms. The normalized spacial score (nSPS) is 15.1. The molecule has 2 aromatic carbocycles. The van der Waals surface area contributed by atoms with Crippen molar-refractivity contribution in [1.29, 1.82) is 0 Å². The highest BCUT2D eigenvalue weighted by Crippen LogP contribution is 2.33. The van der Waals surface area contributed by atoms with E-state index in [0.29, 0.717) is 28.6 Å². The van der Waals surface area contributed by atoms with E-state index >= 15 is 0 Å². The van der Waals surface area contributed by atoms with Crippen LogP contribution in [0.25, 0.3) is 0 Å². The van der Waals surface area contributed by atoms with Crippen LogP contribution < -0.4 is 10.2 Å². The molecule has 1 unspecified atom stereocenters. The van der Waals surface area contributed by atoms with Crippen LogP contribution >= 0.6 is 0 Å². The van der Waals surface area contributed by atoms with Crippen LogP contribution in [-0.2, 0) is 6.42 Å². The molecule has 6 heteroatoms. The van der Waals surface area contributed by atoms with Crippen LogP contribution in [0.5, 0.6) is 0 Å². The van der Waals surface area contributed by atoms with Crippen molar-refractivity contribution in [2.45, 2.75) is 33.2 Å². The third-order valence-corrected chi connectivity index (χ3v) is 5.02. The highest BCUT2D eigenvalue weighted by atomic mass is 16.2. The smallest absolute Gasteiger partial charge is 0.277 e. The van der Waals surface area contributed by atoms with E-state index in [4.69, 9.17) is 0 Å². The third kappa shape index (κ3) is 3.74. The maximum atomic E-state index is 13.3. The number of nitrogens with one attached hydrogen (secondary N) is 1. The Morgan fingerprint density at radius 1 is 1.07 bits per heavy atom. The summed E-state index contributed by atoms with van der Waals surface area (Å²) in [7, 11) is 0. The van der Waals surface area contributed by atoms with E-state index in [9.17, 15) is 9.59 Å². The number of ketones is 1. The molecule has 29 heavy (non-hydrogen) atoms. The standard InChI is InChI=1S/C23H22N4O2/c1-14-11-20(22(29)27-15(2)12-18-7-4-5-10-21(18)27)26-23(24-14)25-19-9-6-8-17(13-19)16(3)28/h4-11,13,15H,12H2,1-3H3,(H,24,25,26). The number of anilines is 3. The number of aromatic nitrogens is 2. The Kier molecular flexibility index (Phi) is 4.84. The van der Waals surface area contributed by atoms with Crippen molar-refractivity contribution >= 4 is 29.0 Å². The van der Waals surface area contributed by atoms with Crippen molar-refractivity contribution in [2.75, 3.05) is 10.2 Å². The molecule has 1 aliphatic heterocycles. The topological polar surface area (TPSA) is 75.2 Å². The fraction of sp³-hybridized carbons (Fsp3) is 0.217. The zero-order valence-electron chi connectivity index (χ0n) is 16.6. The number of rotatable bonds is 4. The first-order chi connectivity index (χ1) is 13.9. The van der Waals surface area contributed by atoms with E-state index in [2.05, 4.69) is 21.4 Å². The van der Waals surface area contributed by atoms with Gasteiger partial charge < -0.3 is 10.2 Å². The van der Waals surface area contributed by atoms with Crippen molar-refractivity contribution in [3.8, 4) is 0 Å². The summed E-state index contributed by atoms with van der Waals surface area (Å²) in [5.41, 5.74) is 4.42. The lowest BCUT2D eigenvalue weighted by molar-refractivity contribution is 0.0975. The van der Waals surface area contributed by atoms with Gasteiger partial charge in [-0.2, -0.15) is 0 Å². The summed E-state index contributed by atoms with van der Waals surface area (Å²) in [6.45, 7) is 5.39. The minimum atomic E-state index is -0.145. The minimum Gasteiger partial charge on any atom is -0.324 e. The van der Waals surface area contributed by atoms with Gasteiger partial charge in [0, 0.05) is 28.7 Å². The predicted octanol–water partition coefficient (Wildman–Crippen LogP) is 4.32. The average molecular weight is 386 g/mol. The van der Waals surface area contributed by atoms with Gasteiger partial charge >= 0.3 is 0 Å². The largest absolute Gasteiger partial charge is 0.324 e. The van der Waals surface area contributed by atoms with Crippen LogP contribution in [0.3, 0.4) is 0 Å². The van der Waals surface area contributed by atoms with Gasteiger partial charge in [0.15, 0.2) is 5.78 Å². The summed E-state index contributed by atoms with van der Waals surface area (Å²) in [5, 5.41) is 3.11. The number of para-hydroxylation sites is 1. The van der Waals surface area contributed by atoms with E-state index in [-0.39, 0.29) is 17.7 Å². The van der Waals surface area contributed by atoms with Gasteiger partial charge in [-0.1, -0.05) is 30.3 Å². The fourth-order valence-corrected chi connectivity index (χ4v) is 3.68. The van der Waals surface area contributed by atoms with E-state index in [1.165, 1.54) is 12.5 Å². The Bertz CT molecular complexity index is 1110. The number of benzene rings is 2. The molecule has 1 atom stereocenters. The number of amides is 1. The van der Waals surface area contributed by atoms with Crippen molar-refractivity contribution in [2.24, 2.45) is 0 Å². The van der Waals surface area contributed by atoms with Crippen LogP contribution in [0.1, 0.15) is 46.0 Å². The minimum absolute atomic E-state index is 0.0173. The quantitative estimate of drug-likeness (QED) is 0.676. The Morgan fingerprint density at radius 3 is 2.66 bits per heavy atom. The van der Waals surface area contributed by atoms with Gasteiger partial charge in [-0.25, -0.2) is 9.97 Å². The summed E-state index contributed by atoms with van der Waals surface area (Å²) in [4.78, 5) is 35.6. The van der Waals surface area contributed by atoms with Gasteiger partial charge in [0.1, 0.15) is 5.69 Å². The molecule has 6 nitrogen and oxygen atoms in total. The molecule has 0 radical (unpaired) electrons. The van der Waals surface area contributed by atoms with Crippen molar-refractivity contribution in [3.63, 3.8) is 0 Å². The van der Waals surface area contributed by atoms with Gasteiger partial charge in [-0.3, -0.25) is 9.59 Å². The number of fused-ring (bicyclic) bond motifs is 1. The predicted molar refractivity (Wildman–Crippen MR) is 113 cm³/mol. The molecule has 2 heterocycles. The second-order valence-corrected chi connectivity index (χ2v) is 7.34. The van der Waals surface area contributed by atoms with Gasteiger partial charge in [0.05, 0.1) is 0 Å². The third-order valence-electron chi connectivity index (χ3n) is 5.02. The molecule has 1 N–H and O–H groups in total. The van der Waals surface area contributed by atoms with E-state index < -0.39 is 0 Å². The molecule has 146 valence electrons. The SMILES string of the molecule is CC(=O)c1cccc(Nc2nc(C)cc(C(=O)N3c4ccccc4CC3C)n2)c1. The lowest BCUT2D eigenvalue weighted by Crippen LogP contribution is -2.36. The molecule has 0 saturated carbocycles. The molecule has 4 rings (SSSR count). The van der Waals surface area contributed by atoms with E-state index in [1.807, 2.05) is 38.1 Å². The maximum absolute atomic E-state index is 13.3. The van der Waals surface area contributed by atoms with Gasteiger partial charge in [0.25, 0.3) is 5.91 Å². The van der Waals surface area contributed by atoms with Crippen LogP contribution in [0, 0.1) is 6.92 Å². The molecule has 3 aromatic rings. The molecule has 0 saturated heterocycles. The van der Waals surface area contributed by atoms with Gasteiger partial charge in [-0.15, -0.1) is 0 Å². The molecular weight excluding hydrogens is 364 g/mol. The Morgan fingerprint density at radius 2 is 1.86 bits per heavy atom. The zero-order chi connectivity index (χ0) is 20.5. The number of Topliss-reactive ketones (excluding diaryl/α,β-unsaturated/α-hetero) is 1. The Balaban J connectivity index is 1.65. The number of carbonyl (C=O) groups is 2. The Labute approximate surface area is 169 Å². The second kappa shape index (κ2) is 7.47. The lowest BCUT2D eigenvalue weighted by atomic mass is 10.1. The molecule has 1 amide bonds. The first-order valence-electron chi connectivity index (χ1n) is 9.57. The van der Waals surface area contributed by atoms with Crippen molar-refractivity contribution in [3.05, 3.63) is 77.1 Å². The number of carbonyl (C=O) groups excluding carboxylic acids is 2.